The summed E-state index contributed by atoms with van der Waals surface area (Å²) in [5.74, 6) is 0.656. The molecule has 1 aromatic carbocycles. The first-order valence-corrected chi connectivity index (χ1v) is 5.53. The van der Waals surface area contributed by atoms with Crippen LogP contribution in [0.15, 0.2) is 41.0 Å². The molecule has 2 rings (SSSR count). The second-order valence-electron chi connectivity index (χ2n) is 3.35. The fourth-order valence-corrected chi connectivity index (χ4v) is 2.25. The fourth-order valence-electron chi connectivity index (χ4n) is 1.47. The number of halogens is 2. The second kappa shape index (κ2) is 4.19. The Morgan fingerprint density at radius 3 is 2.40 bits per heavy atom. The molecule has 0 aliphatic heterocycles. The maximum atomic E-state index is 12.7. The number of alkyl halides is 1. The number of benzene rings is 1. The molecule has 0 spiro atoms. The molecule has 1 heterocycles. The Morgan fingerprint density at radius 2 is 1.87 bits per heavy atom. The van der Waals surface area contributed by atoms with E-state index in [1.165, 1.54) is 12.1 Å². The van der Waals surface area contributed by atoms with Crippen molar-refractivity contribution >= 4 is 15.9 Å². The average Bonchev–Trinajstić information content (AvgIpc) is 2.65. The number of hydrogen-bond donors (Lipinski definition) is 0. The van der Waals surface area contributed by atoms with Crippen LogP contribution in [0.3, 0.4) is 0 Å². The summed E-state index contributed by atoms with van der Waals surface area (Å²) in [5.41, 5.74) is 2.09. The molecule has 3 heteroatoms. The lowest BCUT2D eigenvalue weighted by Crippen LogP contribution is -1.92. The molecule has 0 amide bonds. The van der Waals surface area contributed by atoms with Crippen molar-refractivity contribution in [2.45, 2.75) is 11.8 Å². The molecule has 15 heavy (non-hydrogen) atoms. The van der Waals surface area contributed by atoms with Crippen molar-refractivity contribution in [3.63, 3.8) is 0 Å². The van der Waals surface area contributed by atoms with Gasteiger partial charge >= 0.3 is 0 Å². The predicted molar refractivity (Wildman–Crippen MR) is 60.6 cm³/mol. The molecule has 1 aromatic heterocycles. The van der Waals surface area contributed by atoms with Crippen molar-refractivity contribution in [1.82, 2.24) is 0 Å². The number of rotatable bonds is 2. The van der Waals surface area contributed by atoms with Gasteiger partial charge in [-0.2, -0.15) is 0 Å². The molecule has 2 aromatic rings. The Balaban J connectivity index is 2.32. The van der Waals surface area contributed by atoms with Gasteiger partial charge in [-0.3, -0.25) is 0 Å². The van der Waals surface area contributed by atoms with Gasteiger partial charge in [0.15, 0.2) is 0 Å². The van der Waals surface area contributed by atoms with E-state index in [-0.39, 0.29) is 10.6 Å². The van der Waals surface area contributed by atoms with E-state index in [0.29, 0.717) is 0 Å². The van der Waals surface area contributed by atoms with Gasteiger partial charge in [-0.05, 0) is 30.7 Å². The third-order valence-corrected chi connectivity index (χ3v) is 3.36. The van der Waals surface area contributed by atoms with Crippen molar-refractivity contribution in [1.29, 1.82) is 0 Å². The molecule has 0 aliphatic rings. The molecule has 0 N–H and O–H groups in total. The zero-order valence-corrected chi connectivity index (χ0v) is 9.79. The standard InChI is InChI=1S/C12H10BrFO/c1-8-11(6-7-15-8)12(13)9-2-4-10(14)5-3-9/h2-7,12H,1H3. The molecule has 0 saturated carbocycles. The minimum absolute atomic E-state index is 0.0526. The largest absolute Gasteiger partial charge is 0.469 e. The second-order valence-corrected chi connectivity index (χ2v) is 4.26. The van der Waals surface area contributed by atoms with E-state index in [1.54, 1.807) is 18.4 Å². The molecule has 78 valence electrons. The smallest absolute Gasteiger partial charge is 0.123 e. The number of aryl methyl sites for hydroxylation is 1. The number of furan rings is 1. The zero-order valence-electron chi connectivity index (χ0n) is 8.21. The van der Waals surface area contributed by atoms with Crippen LogP contribution in [0.5, 0.6) is 0 Å². The summed E-state index contributed by atoms with van der Waals surface area (Å²) in [6.07, 6.45) is 1.66. The molecular formula is C12H10BrFO. The summed E-state index contributed by atoms with van der Waals surface area (Å²) in [7, 11) is 0. The van der Waals surface area contributed by atoms with Gasteiger partial charge in [0, 0.05) is 5.56 Å². The highest BCUT2D eigenvalue weighted by Crippen LogP contribution is 2.33. The van der Waals surface area contributed by atoms with Gasteiger partial charge in [-0.15, -0.1) is 0 Å². The monoisotopic (exact) mass is 268 g/mol. The zero-order chi connectivity index (χ0) is 10.8. The third-order valence-electron chi connectivity index (χ3n) is 2.33. The van der Waals surface area contributed by atoms with Gasteiger partial charge in [-0.25, -0.2) is 4.39 Å². The highest BCUT2D eigenvalue weighted by molar-refractivity contribution is 9.09. The minimum atomic E-state index is -0.220. The Labute approximate surface area is 96.0 Å². The van der Waals surface area contributed by atoms with Crippen LogP contribution >= 0.6 is 15.9 Å². The van der Waals surface area contributed by atoms with Crippen LogP contribution < -0.4 is 0 Å². The van der Waals surface area contributed by atoms with Crippen LogP contribution in [-0.4, -0.2) is 0 Å². The summed E-state index contributed by atoms with van der Waals surface area (Å²) in [4.78, 5) is 0.0526. The Morgan fingerprint density at radius 1 is 1.20 bits per heavy atom. The molecule has 0 saturated heterocycles. The maximum Gasteiger partial charge on any atom is 0.123 e. The van der Waals surface area contributed by atoms with Crippen LogP contribution in [0.1, 0.15) is 21.7 Å². The van der Waals surface area contributed by atoms with E-state index in [9.17, 15) is 4.39 Å². The molecular weight excluding hydrogens is 259 g/mol. The highest BCUT2D eigenvalue weighted by atomic mass is 79.9. The van der Waals surface area contributed by atoms with Crippen molar-refractivity contribution in [2.75, 3.05) is 0 Å². The summed E-state index contributed by atoms with van der Waals surface area (Å²) >= 11 is 3.57. The van der Waals surface area contributed by atoms with Gasteiger partial charge in [0.2, 0.25) is 0 Å². The maximum absolute atomic E-state index is 12.7. The van der Waals surface area contributed by atoms with Crippen molar-refractivity contribution in [3.05, 3.63) is 59.3 Å². The molecule has 1 atom stereocenters. The average molecular weight is 269 g/mol. The van der Waals surface area contributed by atoms with Gasteiger partial charge in [0.25, 0.3) is 0 Å². The summed E-state index contributed by atoms with van der Waals surface area (Å²) in [5, 5.41) is 0. The molecule has 0 bridgehead atoms. The third kappa shape index (κ3) is 2.12. The van der Waals surface area contributed by atoms with Crippen LogP contribution in [-0.2, 0) is 0 Å². The quantitative estimate of drug-likeness (QED) is 0.744. The van der Waals surface area contributed by atoms with Crippen LogP contribution in [0.25, 0.3) is 0 Å². The highest BCUT2D eigenvalue weighted by Gasteiger charge is 2.14. The van der Waals surface area contributed by atoms with Crippen LogP contribution in [0, 0.1) is 12.7 Å². The molecule has 1 unspecified atom stereocenters. The first-order valence-electron chi connectivity index (χ1n) is 4.62. The first kappa shape index (κ1) is 10.4. The van der Waals surface area contributed by atoms with Crippen molar-refractivity contribution in [3.8, 4) is 0 Å². The lowest BCUT2D eigenvalue weighted by molar-refractivity contribution is 0.530. The fraction of sp³-hybridized carbons (Fsp3) is 0.167. The Bertz CT molecular complexity index is 447. The normalized spacial score (nSPS) is 12.7. The minimum Gasteiger partial charge on any atom is -0.469 e. The van der Waals surface area contributed by atoms with Crippen LogP contribution in [0.2, 0.25) is 0 Å². The van der Waals surface area contributed by atoms with Gasteiger partial charge in [-0.1, -0.05) is 28.1 Å². The van der Waals surface area contributed by atoms with E-state index in [2.05, 4.69) is 15.9 Å². The number of hydrogen-bond acceptors (Lipinski definition) is 1. The molecule has 0 fully saturated rings. The topological polar surface area (TPSA) is 13.1 Å². The SMILES string of the molecule is Cc1occc1C(Br)c1ccc(F)cc1. The van der Waals surface area contributed by atoms with E-state index in [1.807, 2.05) is 13.0 Å². The molecule has 0 radical (unpaired) electrons. The van der Waals surface area contributed by atoms with Gasteiger partial charge < -0.3 is 4.42 Å². The van der Waals surface area contributed by atoms with E-state index in [0.717, 1.165) is 16.9 Å². The van der Waals surface area contributed by atoms with Crippen LogP contribution in [0.4, 0.5) is 4.39 Å². The van der Waals surface area contributed by atoms with Gasteiger partial charge in [0.1, 0.15) is 11.6 Å². The Hall–Kier alpha value is -1.09. The first-order chi connectivity index (χ1) is 7.18. The lowest BCUT2D eigenvalue weighted by atomic mass is 10.1. The summed E-state index contributed by atoms with van der Waals surface area (Å²) in [6, 6.07) is 8.36. The van der Waals surface area contributed by atoms with E-state index >= 15 is 0 Å². The van der Waals surface area contributed by atoms with Gasteiger partial charge in [0.05, 0.1) is 11.1 Å². The summed E-state index contributed by atoms with van der Waals surface area (Å²) in [6.45, 7) is 1.91. The Kier molecular flexibility index (Phi) is 2.91. The van der Waals surface area contributed by atoms with E-state index in [4.69, 9.17) is 4.42 Å². The predicted octanol–water partition coefficient (Wildman–Crippen LogP) is 4.21. The van der Waals surface area contributed by atoms with Crippen molar-refractivity contribution < 1.29 is 8.81 Å². The van der Waals surface area contributed by atoms with E-state index < -0.39 is 0 Å². The lowest BCUT2D eigenvalue weighted by Gasteiger charge is -2.08. The molecule has 1 nitrogen and oxygen atoms in total. The van der Waals surface area contributed by atoms with Crippen molar-refractivity contribution in [2.24, 2.45) is 0 Å². The summed E-state index contributed by atoms with van der Waals surface area (Å²) < 4.78 is 18.0. The molecule has 0 aliphatic carbocycles.